The van der Waals surface area contributed by atoms with E-state index in [0.717, 1.165) is 17.9 Å². The second-order valence-electron chi connectivity index (χ2n) is 6.85. The summed E-state index contributed by atoms with van der Waals surface area (Å²) in [7, 11) is 1.65. The van der Waals surface area contributed by atoms with Crippen LogP contribution in [0.15, 0.2) is 30.3 Å². The summed E-state index contributed by atoms with van der Waals surface area (Å²) in [6.07, 6.45) is 4.18. The fourth-order valence-corrected chi connectivity index (χ4v) is 2.89. The predicted octanol–water partition coefficient (Wildman–Crippen LogP) is 1.67. The molecular formula is C20H29N3O3. The van der Waals surface area contributed by atoms with Crippen molar-refractivity contribution in [1.29, 1.82) is 0 Å². The Hall–Kier alpha value is -2.34. The van der Waals surface area contributed by atoms with Crippen molar-refractivity contribution in [2.75, 3.05) is 33.3 Å². The summed E-state index contributed by atoms with van der Waals surface area (Å²) in [5, 5.41) is 5.74. The maximum Gasteiger partial charge on any atom is 0.237 e. The van der Waals surface area contributed by atoms with Crippen molar-refractivity contribution in [3.8, 4) is 5.75 Å². The molecule has 1 aromatic carbocycles. The first kappa shape index (κ1) is 20.0. The molecule has 1 saturated heterocycles. The number of amides is 2. The number of piperazine rings is 1. The van der Waals surface area contributed by atoms with E-state index >= 15 is 0 Å². The number of nitrogens with one attached hydrogen (secondary N) is 2. The molecule has 1 fully saturated rings. The molecule has 0 radical (unpaired) electrons. The van der Waals surface area contributed by atoms with Crippen LogP contribution in [0.25, 0.3) is 6.08 Å². The van der Waals surface area contributed by atoms with Gasteiger partial charge in [-0.25, -0.2) is 0 Å². The van der Waals surface area contributed by atoms with Crippen LogP contribution < -0.4 is 15.4 Å². The maximum absolute atomic E-state index is 12.2. The summed E-state index contributed by atoms with van der Waals surface area (Å²) in [5.41, 5.74) is 0.989. The van der Waals surface area contributed by atoms with Gasteiger partial charge in [-0.15, -0.1) is 0 Å². The second kappa shape index (κ2) is 9.97. The van der Waals surface area contributed by atoms with E-state index in [2.05, 4.69) is 10.6 Å². The second-order valence-corrected chi connectivity index (χ2v) is 6.85. The number of ether oxygens (including phenoxy) is 1. The summed E-state index contributed by atoms with van der Waals surface area (Å²) in [5.74, 6) is 1.03. The lowest BCUT2D eigenvalue weighted by Crippen LogP contribution is -2.56. The van der Waals surface area contributed by atoms with Gasteiger partial charge in [0.25, 0.3) is 0 Å². The number of para-hydroxylation sites is 1. The molecule has 2 rings (SSSR count). The molecule has 0 bridgehead atoms. The van der Waals surface area contributed by atoms with Crippen molar-refractivity contribution in [3.05, 3.63) is 35.9 Å². The Bertz CT molecular complexity index is 643. The third-order valence-corrected chi connectivity index (χ3v) is 4.30. The van der Waals surface area contributed by atoms with Gasteiger partial charge in [-0.05, 0) is 12.0 Å². The van der Waals surface area contributed by atoms with Crippen LogP contribution in [-0.2, 0) is 9.59 Å². The summed E-state index contributed by atoms with van der Waals surface area (Å²) in [6, 6.07) is 7.35. The molecule has 1 aromatic rings. The average Bonchev–Trinajstić information content (AvgIpc) is 2.63. The van der Waals surface area contributed by atoms with E-state index in [1.165, 1.54) is 0 Å². The largest absolute Gasteiger partial charge is 0.496 e. The Labute approximate surface area is 155 Å². The van der Waals surface area contributed by atoms with Crippen molar-refractivity contribution in [2.45, 2.75) is 26.3 Å². The molecule has 0 aromatic heterocycles. The zero-order chi connectivity index (χ0) is 18.9. The average molecular weight is 359 g/mol. The lowest BCUT2D eigenvalue weighted by Gasteiger charge is -2.34. The standard InChI is InChI=1S/C20H29N3O3/c1-15(2)14-22-19(24)13-17-20(25)21-10-12-23(17)11-6-8-16-7-4-5-9-18(16)26-3/h4-9,15,17H,10-14H2,1-3H3,(H,21,25)(H,22,24)/b8-6+. The van der Waals surface area contributed by atoms with Gasteiger partial charge in [-0.3, -0.25) is 14.5 Å². The minimum absolute atomic E-state index is 0.0818. The van der Waals surface area contributed by atoms with Gasteiger partial charge < -0.3 is 15.4 Å². The highest BCUT2D eigenvalue weighted by Crippen LogP contribution is 2.19. The zero-order valence-electron chi connectivity index (χ0n) is 15.8. The van der Waals surface area contributed by atoms with Crippen LogP contribution in [0, 0.1) is 5.92 Å². The van der Waals surface area contributed by atoms with E-state index in [1.54, 1.807) is 7.11 Å². The van der Waals surface area contributed by atoms with Gasteiger partial charge in [0.05, 0.1) is 19.6 Å². The Balaban J connectivity index is 1.97. The van der Waals surface area contributed by atoms with Crippen molar-refractivity contribution < 1.29 is 14.3 Å². The van der Waals surface area contributed by atoms with E-state index in [0.29, 0.717) is 25.6 Å². The molecule has 6 nitrogen and oxygen atoms in total. The topological polar surface area (TPSA) is 70.7 Å². The summed E-state index contributed by atoms with van der Waals surface area (Å²) < 4.78 is 5.34. The lowest BCUT2D eigenvalue weighted by molar-refractivity contribution is -0.133. The number of benzene rings is 1. The quantitative estimate of drug-likeness (QED) is 0.741. The van der Waals surface area contributed by atoms with Gasteiger partial charge in [0.2, 0.25) is 11.8 Å². The Morgan fingerprint density at radius 2 is 2.19 bits per heavy atom. The van der Waals surface area contributed by atoms with Crippen LogP contribution in [0.3, 0.4) is 0 Å². The molecule has 1 unspecified atom stereocenters. The van der Waals surface area contributed by atoms with E-state index in [4.69, 9.17) is 4.74 Å². The summed E-state index contributed by atoms with van der Waals surface area (Å²) in [6.45, 7) is 6.65. The number of rotatable bonds is 8. The van der Waals surface area contributed by atoms with Gasteiger partial charge in [-0.1, -0.05) is 44.2 Å². The predicted molar refractivity (Wildman–Crippen MR) is 103 cm³/mol. The molecule has 6 heteroatoms. The summed E-state index contributed by atoms with van der Waals surface area (Å²) in [4.78, 5) is 26.4. The minimum Gasteiger partial charge on any atom is -0.496 e. The molecule has 0 spiro atoms. The zero-order valence-corrected chi connectivity index (χ0v) is 15.8. The van der Waals surface area contributed by atoms with Gasteiger partial charge in [-0.2, -0.15) is 0 Å². The SMILES string of the molecule is COc1ccccc1/C=C/CN1CCNC(=O)C1CC(=O)NCC(C)C. The first-order valence-corrected chi connectivity index (χ1v) is 9.09. The van der Waals surface area contributed by atoms with Gasteiger partial charge in [0, 0.05) is 31.7 Å². The molecule has 26 heavy (non-hydrogen) atoms. The van der Waals surface area contributed by atoms with Crippen LogP contribution in [0.5, 0.6) is 5.75 Å². The molecule has 1 aliphatic heterocycles. The third kappa shape index (κ3) is 5.88. The highest BCUT2D eigenvalue weighted by molar-refractivity contribution is 5.88. The van der Waals surface area contributed by atoms with Gasteiger partial charge >= 0.3 is 0 Å². The molecule has 2 amide bonds. The van der Waals surface area contributed by atoms with Crippen molar-refractivity contribution in [1.82, 2.24) is 15.5 Å². The van der Waals surface area contributed by atoms with Crippen molar-refractivity contribution in [3.63, 3.8) is 0 Å². The lowest BCUT2D eigenvalue weighted by atomic mass is 10.1. The molecule has 142 valence electrons. The van der Waals surface area contributed by atoms with Crippen LogP contribution in [0.4, 0.5) is 0 Å². The first-order chi connectivity index (χ1) is 12.5. The van der Waals surface area contributed by atoms with Crippen molar-refractivity contribution >= 4 is 17.9 Å². The molecule has 1 aliphatic rings. The summed E-state index contributed by atoms with van der Waals surface area (Å²) >= 11 is 0. The Morgan fingerprint density at radius 1 is 1.42 bits per heavy atom. The Morgan fingerprint density at radius 3 is 2.92 bits per heavy atom. The molecule has 0 aliphatic carbocycles. The van der Waals surface area contributed by atoms with Gasteiger partial charge in [0.1, 0.15) is 5.75 Å². The first-order valence-electron chi connectivity index (χ1n) is 9.09. The number of hydrogen-bond donors (Lipinski definition) is 2. The smallest absolute Gasteiger partial charge is 0.237 e. The van der Waals surface area contributed by atoms with Crippen LogP contribution in [0.1, 0.15) is 25.8 Å². The fourth-order valence-electron chi connectivity index (χ4n) is 2.89. The molecule has 1 atom stereocenters. The molecule has 0 saturated carbocycles. The van der Waals surface area contributed by atoms with Crippen LogP contribution in [0.2, 0.25) is 0 Å². The highest BCUT2D eigenvalue weighted by atomic mass is 16.5. The van der Waals surface area contributed by atoms with E-state index < -0.39 is 6.04 Å². The monoisotopic (exact) mass is 359 g/mol. The number of nitrogens with zero attached hydrogens (tertiary/aromatic N) is 1. The number of hydrogen-bond acceptors (Lipinski definition) is 4. The van der Waals surface area contributed by atoms with Crippen molar-refractivity contribution in [2.24, 2.45) is 5.92 Å². The highest BCUT2D eigenvalue weighted by Gasteiger charge is 2.30. The molecule has 1 heterocycles. The van der Waals surface area contributed by atoms with Gasteiger partial charge in [0.15, 0.2) is 0 Å². The minimum atomic E-state index is -0.432. The van der Waals surface area contributed by atoms with E-state index in [9.17, 15) is 9.59 Å². The fraction of sp³-hybridized carbons (Fsp3) is 0.500. The maximum atomic E-state index is 12.2. The van der Waals surface area contributed by atoms with Crippen LogP contribution in [-0.4, -0.2) is 56.0 Å². The molecular weight excluding hydrogens is 330 g/mol. The number of carbonyl (C=O) groups excluding carboxylic acids is 2. The Kier molecular flexibility index (Phi) is 7.66. The van der Waals surface area contributed by atoms with E-state index in [1.807, 2.05) is 55.2 Å². The van der Waals surface area contributed by atoms with Crippen LogP contribution >= 0.6 is 0 Å². The number of carbonyl (C=O) groups is 2. The third-order valence-electron chi connectivity index (χ3n) is 4.30. The number of methoxy groups -OCH3 is 1. The van der Waals surface area contributed by atoms with E-state index in [-0.39, 0.29) is 18.2 Å². The molecule has 2 N–H and O–H groups in total. The normalized spacial score (nSPS) is 18.2.